The number of rotatable bonds is 6. The van der Waals surface area contributed by atoms with E-state index in [0.29, 0.717) is 19.4 Å². The Morgan fingerprint density at radius 3 is 2.56 bits per heavy atom. The van der Waals surface area contributed by atoms with Gasteiger partial charge < -0.3 is 15.7 Å². The minimum atomic E-state index is -1.01. The Kier molecular flexibility index (Phi) is 4.92. The minimum Gasteiger partial charge on any atom is -0.480 e. The molecule has 1 fully saturated rings. The van der Waals surface area contributed by atoms with Gasteiger partial charge in [-0.25, -0.2) is 9.59 Å². The number of carboxylic acid groups (broad SMARTS) is 1. The van der Waals surface area contributed by atoms with Crippen LogP contribution in [0.4, 0.5) is 4.79 Å². The Labute approximate surface area is 99.4 Å². The Hall–Kier alpha value is -0.910. The highest BCUT2D eigenvalue weighted by Gasteiger charge is 2.45. The van der Waals surface area contributed by atoms with Gasteiger partial charge in [0.1, 0.15) is 5.54 Å². The highest BCUT2D eigenvalue weighted by Crippen LogP contribution is 2.31. The number of amides is 2. The summed E-state index contributed by atoms with van der Waals surface area (Å²) >= 11 is 1.72. The van der Waals surface area contributed by atoms with Crippen LogP contribution >= 0.6 is 11.8 Å². The summed E-state index contributed by atoms with van der Waals surface area (Å²) in [5, 5.41) is 14.2. The lowest BCUT2D eigenvalue weighted by Crippen LogP contribution is -2.61. The smallest absolute Gasteiger partial charge is 0.329 e. The summed E-state index contributed by atoms with van der Waals surface area (Å²) in [7, 11) is 0. The summed E-state index contributed by atoms with van der Waals surface area (Å²) in [4.78, 5) is 22.4. The van der Waals surface area contributed by atoms with Crippen LogP contribution in [-0.2, 0) is 4.79 Å². The van der Waals surface area contributed by atoms with E-state index >= 15 is 0 Å². The molecule has 1 rings (SSSR count). The molecular weight excluding hydrogens is 228 g/mol. The van der Waals surface area contributed by atoms with Crippen molar-refractivity contribution < 1.29 is 14.7 Å². The van der Waals surface area contributed by atoms with Crippen LogP contribution in [0, 0.1) is 0 Å². The van der Waals surface area contributed by atoms with Gasteiger partial charge in [0.2, 0.25) is 0 Å². The van der Waals surface area contributed by atoms with E-state index < -0.39 is 11.5 Å². The lowest BCUT2D eigenvalue weighted by molar-refractivity contribution is -0.148. The van der Waals surface area contributed by atoms with Crippen molar-refractivity contribution in [1.82, 2.24) is 10.6 Å². The molecule has 2 amide bonds. The predicted molar refractivity (Wildman–Crippen MR) is 63.8 cm³/mol. The zero-order chi connectivity index (χ0) is 12.0. The second-order valence-corrected chi connectivity index (χ2v) is 4.95. The molecule has 0 atom stereocenters. The molecule has 16 heavy (non-hydrogen) atoms. The molecular formula is C10H18N2O3S. The van der Waals surface area contributed by atoms with Crippen molar-refractivity contribution in [2.24, 2.45) is 0 Å². The Morgan fingerprint density at radius 2 is 2.12 bits per heavy atom. The van der Waals surface area contributed by atoms with Gasteiger partial charge in [0.15, 0.2) is 0 Å². The summed E-state index contributed by atoms with van der Waals surface area (Å²) < 4.78 is 0. The van der Waals surface area contributed by atoms with Crippen LogP contribution < -0.4 is 10.6 Å². The van der Waals surface area contributed by atoms with Crippen molar-refractivity contribution in [3.63, 3.8) is 0 Å². The number of thioether (sulfide) groups is 1. The van der Waals surface area contributed by atoms with Crippen LogP contribution in [-0.4, -0.2) is 41.2 Å². The van der Waals surface area contributed by atoms with Crippen LogP contribution in [0.15, 0.2) is 0 Å². The summed E-state index contributed by atoms with van der Waals surface area (Å²) in [6.45, 7) is 0.586. The molecule has 0 heterocycles. The summed E-state index contributed by atoms with van der Waals surface area (Å²) in [6, 6.07) is -0.372. The Balaban J connectivity index is 2.25. The first-order valence-corrected chi connectivity index (χ1v) is 6.78. The molecule has 1 saturated carbocycles. The standard InChI is InChI=1S/C10H18N2O3S/c1-16-7-3-6-11-9(15)12-10(8(13)14)4-2-5-10/h2-7H2,1H3,(H,13,14)(H2,11,12,15). The molecule has 1 aliphatic rings. The molecule has 0 bridgehead atoms. The average Bonchev–Trinajstić information content (AvgIpc) is 2.18. The lowest BCUT2D eigenvalue weighted by atomic mass is 9.77. The zero-order valence-electron chi connectivity index (χ0n) is 9.41. The molecule has 92 valence electrons. The fourth-order valence-corrected chi connectivity index (χ4v) is 2.04. The minimum absolute atomic E-state index is 0.372. The first kappa shape index (κ1) is 13.2. The third-order valence-corrected chi connectivity index (χ3v) is 3.48. The van der Waals surface area contributed by atoms with Crippen LogP contribution in [0.2, 0.25) is 0 Å². The van der Waals surface area contributed by atoms with Crippen LogP contribution in [0.25, 0.3) is 0 Å². The molecule has 0 aromatic rings. The van der Waals surface area contributed by atoms with Gasteiger partial charge in [-0.3, -0.25) is 0 Å². The molecule has 0 aromatic heterocycles. The van der Waals surface area contributed by atoms with Gasteiger partial charge in [-0.1, -0.05) is 0 Å². The second-order valence-electron chi connectivity index (χ2n) is 3.97. The third-order valence-electron chi connectivity index (χ3n) is 2.78. The predicted octanol–water partition coefficient (Wildman–Crippen LogP) is 1.05. The van der Waals surface area contributed by atoms with E-state index in [-0.39, 0.29) is 6.03 Å². The number of aliphatic carboxylic acids is 1. The second kappa shape index (κ2) is 5.98. The quantitative estimate of drug-likeness (QED) is 0.612. The van der Waals surface area contributed by atoms with E-state index in [4.69, 9.17) is 5.11 Å². The van der Waals surface area contributed by atoms with Gasteiger partial charge in [-0.2, -0.15) is 11.8 Å². The van der Waals surface area contributed by atoms with Gasteiger partial charge in [0.25, 0.3) is 0 Å². The number of nitrogens with one attached hydrogen (secondary N) is 2. The molecule has 0 saturated heterocycles. The fraction of sp³-hybridized carbons (Fsp3) is 0.800. The largest absolute Gasteiger partial charge is 0.480 e. The van der Waals surface area contributed by atoms with Crippen LogP contribution in [0.5, 0.6) is 0 Å². The number of urea groups is 1. The van der Waals surface area contributed by atoms with E-state index in [0.717, 1.165) is 18.6 Å². The fourth-order valence-electron chi connectivity index (χ4n) is 1.60. The molecule has 0 aliphatic heterocycles. The van der Waals surface area contributed by atoms with E-state index in [2.05, 4.69) is 10.6 Å². The third kappa shape index (κ3) is 3.30. The SMILES string of the molecule is CSCCCNC(=O)NC1(C(=O)O)CCC1. The first-order valence-electron chi connectivity index (χ1n) is 5.39. The molecule has 5 nitrogen and oxygen atoms in total. The first-order chi connectivity index (χ1) is 7.60. The van der Waals surface area contributed by atoms with Crippen LogP contribution in [0.1, 0.15) is 25.7 Å². The number of carbonyl (C=O) groups excluding carboxylic acids is 1. The highest BCUT2D eigenvalue weighted by molar-refractivity contribution is 7.98. The molecule has 0 unspecified atom stereocenters. The zero-order valence-corrected chi connectivity index (χ0v) is 10.2. The summed E-state index contributed by atoms with van der Waals surface area (Å²) in [6.07, 6.45) is 4.82. The maximum atomic E-state index is 11.4. The number of hydrogen-bond acceptors (Lipinski definition) is 3. The van der Waals surface area contributed by atoms with Crippen LogP contribution in [0.3, 0.4) is 0 Å². The molecule has 0 aromatic carbocycles. The van der Waals surface area contributed by atoms with Crippen molar-refractivity contribution in [3.8, 4) is 0 Å². The van der Waals surface area contributed by atoms with Gasteiger partial charge in [-0.05, 0) is 37.7 Å². The highest BCUT2D eigenvalue weighted by atomic mass is 32.2. The normalized spacial score (nSPS) is 17.3. The van der Waals surface area contributed by atoms with E-state index in [9.17, 15) is 9.59 Å². The van der Waals surface area contributed by atoms with Crippen molar-refractivity contribution in [2.45, 2.75) is 31.2 Å². The van der Waals surface area contributed by atoms with Crippen molar-refractivity contribution in [3.05, 3.63) is 0 Å². The molecule has 1 aliphatic carbocycles. The Morgan fingerprint density at radius 1 is 1.44 bits per heavy atom. The van der Waals surface area contributed by atoms with Gasteiger partial charge in [-0.15, -0.1) is 0 Å². The summed E-state index contributed by atoms with van der Waals surface area (Å²) in [5.74, 6) is 0.0580. The van der Waals surface area contributed by atoms with E-state index in [1.807, 2.05) is 6.26 Å². The van der Waals surface area contributed by atoms with Gasteiger partial charge in [0, 0.05) is 6.54 Å². The lowest BCUT2D eigenvalue weighted by Gasteiger charge is -2.38. The molecule has 6 heteroatoms. The molecule has 3 N–H and O–H groups in total. The van der Waals surface area contributed by atoms with Gasteiger partial charge >= 0.3 is 12.0 Å². The number of carbonyl (C=O) groups is 2. The number of carboxylic acids is 1. The number of hydrogen-bond donors (Lipinski definition) is 3. The van der Waals surface area contributed by atoms with E-state index in [1.165, 1.54) is 0 Å². The molecule has 0 spiro atoms. The molecule has 0 radical (unpaired) electrons. The van der Waals surface area contributed by atoms with E-state index in [1.54, 1.807) is 11.8 Å². The van der Waals surface area contributed by atoms with Crippen molar-refractivity contribution in [2.75, 3.05) is 18.6 Å². The topological polar surface area (TPSA) is 78.4 Å². The maximum Gasteiger partial charge on any atom is 0.329 e. The monoisotopic (exact) mass is 246 g/mol. The average molecular weight is 246 g/mol. The van der Waals surface area contributed by atoms with Gasteiger partial charge in [0.05, 0.1) is 0 Å². The Bertz CT molecular complexity index is 267. The maximum absolute atomic E-state index is 11.4. The van der Waals surface area contributed by atoms with Crippen molar-refractivity contribution in [1.29, 1.82) is 0 Å². The van der Waals surface area contributed by atoms with Crippen molar-refractivity contribution >= 4 is 23.8 Å². The summed E-state index contributed by atoms with van der Waals surface area (Å²) in [5.41, 5.74) is -1.01.